The molecule has 0 atom stereocenters. The van der Waals surface area contributed by atoms with E-state index in [1.54, 1.807) is 6.07 Å². The topological polar surface area (TPSA) is 134 Å². The number of piperidine rings is 1. The van der Waals surface area contributed by atoms with Crippen LogP contribution in [0, 0.1) is 5.92 Å². The fraction of sp³-hybridized carbons (Fsp3) is 0.478. The van der Waals surface area contributed by atoms with E-state index in [0.29, 0.717) is 31.2 Å². The van der Waals surface area contributed by atoms with Crippen molar-refractivity contribution in [3.05, 3.63) is 41.5 Å². The van der Waals surface area contributed by atoms with Crippen molar-refractivity contribution in [2.75, 3.05) is 53.0 Å². The van der Waals surface area contributed by atoms with E-state index in [-0.39, 0.29) is 11.9 Å². The van der Waals surface area contributed by atoms with Gasteiger partial charge in [-0.3, -0.25) is 9.69 Å². The van der Waals surface area contributed by atoms with Crippen LogP contribution >= 0.6 is 0 Å². The Bertz CT molecular complexity index is 844. The Hall–Kier alpha value is -3.24. The number of aliphatic carboxylic acids is 2. The van der Waals surface area contributed by atoms with Crippen molar-refractivity contribution in [2.45, 2.75) is 12.8 Å². The summed E-state index contributed by atoms with van der Waals surface area (Å²) in [6, 6.07) is 7.45. The third-order valence-electron chi connectivity index (χ3n) is 5.45. The molecule has 1 amide bonds. The van der Waals surface area contributed by atoms with Crippen LogP contribution in [0.15, 0.2) is 30.3 Å². The lowest BCUT2D eigenvalue weighted by atomic mass is 9.95. The highest BCUT2D eigenvalue weighted by atomic mass is 16.5. The molecule has 2 fully saturated rings. The van der Waals surface area contributed by atoms with E-state index in [4.69, 9.17) is 29.3 Å². The summed E-state index contributed by atoms with van der Waals surface area (Å²) in [6.45, 7) is 5.18. The van der Waals surface area contributed by atoms with Crippen LogP contribution in [0.5, 0.6) is 0 Å². The molecule has 10 heteroatoms. The number of esters is 1. The van der Waals surface area contributed by atoms with E-state index in [1.165, 1.54) is 7.11 Å². The average Bonchev–Trinajstić information content (AvgIpc) is 2.83. The largest absolute Gasteiger partial charge is 0.473 e. The Morgan fingerprint density at radius 1 is 1.03 bits per heavy atom. The highest BCUT2D eigenvalue weighted by molar-refractivity contribution is 6.27. The van der Waals surface area contributed by atoms with Crippen molar-refractivity contribution in [3.63, 3.8) is 0 Å². The molecule has 2 N–H and O–H groups in total. The van der Waals surface area contributed by atoms with Crippen LogP contribution in [0.2, 0.25) is 0 Å². The van der Waals surface area contributed by atoms with E-state index in [0.717, 1.165) is 44.6 Å². The minimum absolute atomic E-state index is 0.218. The van der Waals surface area contributed by atoms with Crippen molar-refractivity contribution in [1.29, 1.82) is 0 Å². The number of carboxylic acid groups (broad SMARTS) is 2. The molecule has 180 valence electrons. The zero-order valence-corrected chi connectivity index (χ0v) is 18.6. The van der Waals surface area contributed by atoms with Crippen LogP contribution < -0.4 is 0 Å². The van der Waals surface area contributed by atoms with Crippen molar-refractivity contribution < 1.29 is 38.9 Å². The first-order valence-corrected chi connectivity index (χ1v) is 10.7. The van der Waals surface area contributed by atoms with Crippen LogP contribution in [-0.2, 0) is 23.9 Å². The summed E-state index contributed by atoms with van der Waals surface area (Å²) in [6.07, 6.45) is 6.06. The van der Waals surface area contributed by atoms with E-state index in [2.05, 4.69) is 11.0 Å². The molecule has 1 aromatic rings. The van der Waals surface area contributed by atoms with E-state index in [9.17, 15) is 9.59 Å². The van der Waals surface area contributed by atoms with E-state index < -0.39 is 11.9 Å². The normalized spacial score (nSPS) is 17.2. The quantitative estimate of drug-likeness (QED) is 0.489. The van der Waals surface area contributed by atoms with Gasteiger partial charge in [0.05, 0.1) is 32.4 Å². The fourth-order valence-corrected chi connectivity index (χ4v) is 3.57. The van der Waals surface area contributed by atoms with Gasteiger partial charge in [0.15, 0.2) is 0 Å². The van der Waals surface area contributed by atoms with E-state index >= 15 is 0 Å². The number of hydrogen-bond donors (Lipinski definition) is 2. The van der Waals surface area contributed by atoms with Gasteiger partial charge in [-0.2, -0.15) is 0 Å². The molecule has 3 rings (SSSR count). The molecule has 0 radical (unpaired) electrons. The summed E-state index contributed by atoms with van der Waals surface area (Å²) in [5.74, 6) is -3.33. The maximum absolute atomic E-state index is 12.5. The Kier molecular flexibility index (Phi) is 10.5. The van der Waals surface area contributed by atoms with Gasteiger partial charge in [0, 0.05) is 26.2 Å². The number of ether oxygens (including phenoxy) is 2. The van der Waals surface area contributed by atoms with Gasteiger partial charge >= 0.3 is 17.9 Å². The first-order valence-electron chi connectivity index (χ1n) is 10.7. The van der Waals surface area contributed by atoms with Gasteiger partial charge in [-0.15, -0.1) is 0 Å². The number of nitrogens with zero attached hydrogens (tertiary/aromatic N) is 2. The minimum Gasteiger partial charge on any atom is -0.473 e. The van der Waals surface area contributed by atoms with Gasteiger partial charge in [-0.05, 0) is 30.4 Å². The Balaban J connectivity index is 0.000000569. The summed E-state index contributed by atoms with van der Waals surface area (Å²) in [5, 5.41) is 14.8. The van der Waals surface area contributed by atoms with Crippen LogP contribution in [0.25, 0.3) is 6.08 Å². The highest BCUT2D eigenvalue weighted by Gasteiger charge is 2.23. The van der Waals surface area contributed by atoms with Crippen molar-refractivity contribution in [1.82, 2.24) is 9.80 Å². The van der Waals surface area contributed by atoms with E-state index in [1.807, 2.05) is 29.2 Å². The van der Waals surface area contributed by atoms with Crippen molar-refractivity contribution in [2.24, 2.45) is 5.92 Å². The molecule has 0 bridgehead atoms. The number of morpholine rings is 1. The van der Waals surface area contributed by atoms with Gasteiger partial charge in [0.25, 0.3) is 0 Å². The third-order valence-corrected chi connectivity index (χ3v) is 5.45. The molecule has 0 saturated carbocycles. The van der Waals surface area contributed by atoms with Crippen molar-refractivity contribution in [3.8, 4) is 0 Å². The summed E-state index contributed by atoms with van der Waals surface area (Å²) in [4.78, 5) is 46.7. The minimum atomic E-state index is -1.82. The molecular formula is C23H30N2O8. The first kappa shape index (κ1) is 26.0. The molecule has 2 aliphatic heterocycles. The maximum atomic E-state index is 12.5. The molecule has 1 aromatic carbocycles. The summed E-state index contributed by atoms with van der Waals surface area (Å²) in [7, 11) is 1.40. The molecule has 10 nitrogen and oxygen atoms in total. The first-order chi connectivity index (χ1) is 15.8. The second-order valence-corrected chi connectivity index (χ2v) is 7.65. The smallest absolute Gasteiger partial charge is 0.414 e. The molecule has 2 aliphatic rings. The monoisotopic (exact) mass is 462 g/mol. The molecule has 0 spiro atoms. The fourth-order valence-electron chi connectivity index (χ4n) is 3.57. The number of carbonyl (C=O) groups is 4. The predicted molar refractivity (Wildman–Crippen MR) is 119 cm³/mol. The number of carboxylic acids is 2. The highest BCUT2D eigenvalue weighted by Crippen LogP contribution is 2.21. The van der Waals surface area contributed by atoms with Crippen LogP contribution in [0.1, 0.15) is 28.8 Å². The zero-order chi connectivity index (χ0) is 24.2. The Morgan fingerprint density at radius 3 is 2.21 bits per heavy atom. The van der Waals surface area contributed by atoms with Crippen molar-refractivity contribution >= 4 is 29.9 Å². The van der Waals surface area contributed by atoms with Crippen LogP contribution in [-0.4, -0.2) is 96.9 Å². The molecule has 2 saturated heterocycles. The Morgan fingerprint density at radius 2 is 1.64 bits per heavy atom. The number of hydrogen-bond acceptors (Lipinski definition) is 7. The number of allylic oxidation sites excluding steroid dienone is 1. The number of carbonyl (C=O) groups excluding carboxylic acids is 2. The maximum Gasteiger partial charge on any atom is 0.414 e. The molecule has 0 aliphatic carbocycles. The van der Waals surface area contributed by atoms with Crippen LogP contribution in [0.4, 0.5) is 0 Å². The SMILES string of the molecule is COC(=O)c1ccccc1/C=C/C1CCN(C(=O)CN2CCOCC2)CC1.O=C(O)C(=O)O. The lowest BCUT2D eigenvalue weighted by Gasteiger charge is -2.33. The van der Waals surface area contributed by atoms with Gasteiger partial charge in [0.2, 0.25) is 5.91 Å². The lowest BCUT2D eigenvalue weighted by Crippen LogP contribution is -2.46. The standard InChI is InChI=1S/C21H28N2O4.C2H2O4/c1-26-21(25)19-5-3-2-4-18(19)7-6-17-8-10-23(11-9-17)20(24)16-22-12-14-27-15-13-22;3-1(4)2(5)6/h2-7,17H,8-16H2,1H3;(H,3,4)(H,5,6)/b7-6+;. The van der Waals surface area contributed by atoms with Gasteiger partial charge in [-0.1, -0.05) is 30.4 Å². The molecule has 0 unspecified atom stereocenters. The Labute approximate surface area is 192 Å². The number of methoxy groups -OCH3 is 1. The number of rotatable bonds is 5. The zero-order valence-electron chi connectivity index (χ0n) is 18.6. The molecule has 0 aromatic heterocycles. The summed E-state index contributed by atoms with van der Waals surface area (Å²) in [5.41, 5.74) is 1.45. The summed E-state index contributed by atoms with van der Waals surface area (Å²) < 4.78 is 10.2. The third kappa shape index (κ3) is 8.66. The average molecular weight is 462 g/mol. The molecular weight excluding hydrogens is 432 g/mol. The predicted octanol–water partition coefficient (Wildman–Crippen LogP) is 1.21. The second-order valence-electron chi connectivity index (χ2n) is 7.65. The lowest BCUT2D eigenvalue weighted by molar-refractivity contribution is -0.159. The number of amides is 1. The number of benzene rings is 1. The van der Waals surface area contributed by atoms with Gasteiger partial charge in [-0.25, -0.2) is 14.4 Å². The van der Waals surface area contributed by atoms with Gasteiger partial charge in [0.1, 0.15) is 0 Å². The molecule has 2 heterocycles. The number of likely N-dealkylation sites (tertiary alicyclic amines) is 1. The second kappa shape index (κ2) is 13.3. The summed E-state index contributed by atoms with van der Waals surface area (Å²) >= 11 is 0. The van der Waals surface area contributed by atoms with Gasteiger partial charge < -0.3 is 24.6 Å². The molecule has 33 heavy (non-hydrogen) atoms. The van der Waals surface area contributed by atoms with Crippen LogP contribution in [0.3, 0.4) is 0 Å².